The Balaban J connectivity index is 0.834. The molecule has 4 heterocycles. The number of carbonyl (C=O) groups is 2. The van der Waals surface area contributed by atoms with Crippen molar-refractivity contribution in [3.63, 3.8) is 0 Å². The number of pyridine rings is 1. The predicted molar refractivity (Wildman–Crippen MR) is 203 cm³/mol. The summed E-state index contributed by atoms with van der Waals surface area (Å²) in [6, 6.07) is 21.7. The molecule has 2 amide bonds. The van der Waals surface area contributed by atoms with Crippen LogP contribution in [0.1, 0.15) is 34.1 Å². The van der Waals surface area contributed by atoms with Gasteiger partial charge in [-0.25, -0.2) is 19.2 Å². The maximum atomic E-state index is 14.9. The molecule has 0 bridgehead atoms. The molecule has 0 aliphatic carbocycles. The number of piperazine rings is 1. The number of fused-ring (bicyclic) bond motifs is 2. The number of hydrogen-bond donors (Lipinski definition) is 3. The zero-order chi connectivity index (χ0) is 37.6. The Bertz CT molecular complexity index is 2430. The molecule has 3 N–H and O–H groups in total. The molecule has 278 valence electrons. The highest BCUT2D eigenvalue weighted by Gasteiger charge is 2.26. The Morgan fingerprint density at radius 2 is 1.69 bits per heavy atom. The van der Waals surface area contributed by atoms with E-state index in [9.17, 15) is 23.6 Å². The minimum atomic E-state index is -0.624. The van der Waals surface area contributed by atoms with Crippen LogP contribution in [0.4, 0.5) is 4.39 Å². The summed E-state index contributed by atoms with van der Waals surface area (Å²) in [6.45, 7) is 4.85. The van der Waals surface area contributed by atoms with Gasteiger partial charge in [-0.15, -0.1) is 0 Å². The van der Waals surface area contributed by atoms with Crippen LogP contribution in [0.3, 0.4) is 0 Å². The number of aromatic amines is 2. The molecule has 14 heteroatoms. The fourth-order valence-electron chi connectivity index (χ4n) is 6.72. The second-order valence-electron chi connectivity index (χ2n) is 13.2. The van der Waals surface area contributed by atoms with Crippen molar-refractivity contribution in [3.05, 3.63) is 128 Å². The molecule has 0 saturated carbocycles. The summed E-state index contributed by atoms with van der Waals surface area (Å²) in [5.41, 5.74) is 5.01. The summed E-state index contributed by atoms with van der Waals surface area (Å²) < 4.78 is 22.1. The Hall–Kier alpha value is -5.99. The Labute approximate surface area is 309 Å². The van der Waals surface area contributed by atoms with E-state index in [0.717, 1.165) is 17.5 Å². The van der Waals surface area contributed by atoms with Crippen LogP contribution < -0.4 is 16.4 Å². The lowest BCUT2D eigenvalue weighted by atomic mass is 10.0. The molecule has 0 unspecified atom stereocenters. The first-order valence-electron chi connectivity index (χ1n) is 18.1. The molecule has 1 aliphatic rings. The average Bonchev–Trinajstić information content (AvgIpc) is 3.52. The van der Waals surface area contributed by atoms with E-state index >= 15 is 0 Å². The van der Waals surface area contributed by atoms with Crippen LogP contribution in [0.5, 0.6) is 0 Å². The van der Waals surface area contributed by atoms with Crippen LogP contribution in [-0.4, -0.2) is 99.1 Å². The maximum absolute atomic E-state index is 14.9. The number of nitrogens with zero attached hydrogens (tertiary/aromatic N) is 5. The summed E-state index contributed by atoms with van der Waals surface area (Å²) in [5, 5.41) is 14.1. The molecule has 0 atom stereocenters. The number of aryl methyl sites for hydroxylation is 1. The van der Waals surface area contributed by atoms with Crippen molar-refractivity contribution in [2.45, 2.75) is 26.3 Å². The molecule has 0 radical (unpaired) electrons. The van der Waals surface area contributed by atoms with Crippen molar-refractivity contribution in [2.75, 3.05) is 52.5 Å². The van der Waals surface area contributed by atoms with Crippen LogP contribution in [0.2, 0.25) is 0 Å². The van der Waals surface area contributed by atoms with Crippen LogP contribution in [-0.2, 0) is 28.9 Å². The highest BCUT2D eigenvalue weighted by molar-refractivity contribution is 5.95. The monoisotopic (exact) mass is 732 g/mol. The third-order valence-corrected chi connectivity index (χ3v) is 9.75. The molecular weight excluding hydrogens is 691 g/mol. The summed E-state index contributed by atoms with van der Waals surface area (Å²) in [7, 11) is 0. The fraction of sp³-hybridized carbons (Fsp3) is 0.300. The normalized spacial score (nSPS) is 13.2. The largest absolute Gasteiger partial charge is 0.378 e. The van der Waals surface area contributed by atoms with Gasteiger partial charge in [0.05, 0.1) is 48.5 Å². The second kappa shape index (κ2) is 16.4. The number of hydrogen-bond acceptors (Lipinski definition) is 8. The van der Waals surface area contributed by atoms with E-state index in [2.05, 4.69) is 44.7 Å². The number of halogens is 1. The summed E-state index contributed by atoms with van der Waals surface area (Å²) in [4.78, 5) is 58.9. The molecule has 1 aliphatic heterocycles. The molecule has 3 aromatic heterocycles. The van der Waals surface area contributed by atoms with Crippen molar-refractivity contribution >= 4 is 33.6 Å². The van der Waals surface area contributed by atoms with E-state index in [1.54, 1.807) is 34.2 Å². The summed E-state index contributed by atoms with van der Waals surface area (Å²) in [5.74, 6) is -1.17. The lowest BCUT2D eigenvalue weighted by Crippen LogP contribution is -2.52. The van der Waals surface area contributed by atoms with E-state index in [1.807, 2.05) is 30.3 Å². The summed E-state index contributed by atoms with van der Waals surface area (Å²) >= 11 is 0. The molecular formula is C40H41FN8O5. The van der Waals surface area contributed by atoms with Gasteiger partial charge in [-0.1, -0.05) is 55.5 Å². The van der Waals surface area contributed by atoms with E-state index in [1.165, 1.54) is 22.4 Å². The van der Waals surface area contributed by atoms with Crippen LogP contribution in [0.15, 0.2) is 88.6 Å². The quantitative estimate of drug-likeness (QED) is 0.152. The second-order valence-corrected chi connectivity index (χ2v) is 13.2. The van der Waals surface area contributed by atoms with Gasteiger partial charge in [0.25, 0.3) is 17.0 Å². The van der Waals surface area contributed by atoms with E-state index < -0.39 is 11.7 Å². The fourth-order valence-corrected chi connectivity index (χ4v) is 6.72. The first-order chi connectivity index (χ1) is 26.3. The smallest absolute Gasteiger partial charge is 0.293 e. The Kier molecular flexibility index (Phi) is 11.0. The molecule has 1 fully saturated rings. The third-order valence-electron chi connectivity index (χ3n) is 9.75. The van der Waals surface area contributed by atoms with Crippen LogP contribution >= 0.6 is 0 Å². The lowest BCUT2D eigenvalue weighted by Gasteiger charge is -2.35. The number of ether oxygens (including phenoxy) is 1. The minimum absolute atomic E-state index is 0.0450. The topological polar surface area (TPSA) is 158 Å². The highest BCUT2D eigenvalue weighted by atomic mass is 19.1. The van der Waals surface area contributed by atoms with E-state index in [4.69, 9.17) is 4.74 Å². The molecule has 3 aromatic carbocycles. The molecule has 0 spiro atoms. The standard InChI is InChI=1S/C40H41FN8O5/c1-2-26-6-5-7-28(20-26)29-23-35-37(43-24-29)40(53)49(46-35)17-19-54-18-12-42-25-36(50)47-13-15-48(16-14-47)39(52)32-21-27(10-11-33(32)41)22-34-30-8-3-4-9-31(30)38(51)45-44-34/h3-11,20-21,23-24,42,46H,2,12-19,22,25H2,1H3,(H,45,51). The van der Waals surface area contributed by atoms with Crippen molar-refractivity contribution in [2.24, 2.45) is 0 Å². The van der Waals surface area contributed by atoms with Crippen molar-refractivity contribution in [3.8, 4) is 11.1 Å². The van der Waals surface area contributed by atoms with Gasteiger partial charge in [0, 0.05) is 56.3 Å². The summed E-state index contributed by atoms with van der Waals surface area (Å²) in [6.07, 6.45) is 2.96. The minimum Gasteiger partial charge on any atom is -0.378 e. The number of nitrogens with one attached hydrogen (secondary N) is 3. The number of aromatic nitrogens is 5. The third kappa shape index (κ3) is 7.99. The molecule has 6 aromatic rings. The SMILES string of the molecule is CCc1cccc(-c2cnc3c(=O)n(CCOCCNCC(=O)N4CCN(C(=O)c5cc(Cc6n[nH]c(=O)c7ccccc67)ccc5F)CC4)[nH]c3c2)c1. The number of H-pyrrole nitrogens is 2. The first-order valence-corrected chi connectivity index (χ1v) is 18.1. The predicted octanol–water partition coefficient (Wildman–Crippen LogP) is 3.51. The number of amides is 2. The Morgan fingerprint density at radius 3 is 2.50 bits per heavy atom. The molecule has 13 nitrogen and oxygen atoms in total. The van der Waals surface area contributed by atoms with Gasteiger partial charge < -0.3 is 19.9 Å². The zero-order valence-corrected chi connectivity index (χ0v) is 29.9. The zero-order valence-electron chi connectivity index (χ0n) is 29.9. The molecule has 54 heavy (non-hydrogen) atoms. The van der Waals surface area contributed by atoms with Gasteiger partial charge in [0.15, 0.2) is 5.52 Å². The van der Waals surface area contributed by atoms with Gasteiger partial charge in [0.2, 0.25) is 5.91 Å². The average molecular weight is 733 g/mol. The van der Waals surface area contributed by atoms with Crippen molar-refractivity contribution < 1.29 is 18.7 Å². The molecule has 1 saturated heterocycles. The van der Waals surface area contributed by atoms with E-state index in [0.29, 0.717) is 78.9 Å². The lowest BCUT2D eigenvalue weighted by molar-refractivity contribution is -0.131. The highest BCUT2D eigenvalue weighted by Crippen LogP contribution is 2.23. The van der Waals surface area contributed by atoms with Gasteiger partial charge in [-0.2, -0.15) is 5.10 Å². The Morgan fingerprint density at radius 1 is 0.889 bits per heavy atom. The van der Waals surface area contributed by atoms with E-state index in [-0.39, 0.29) is 42.2 Å². The van der Waals surface area contributed by atoms with Gasteiger partial charge in [-0.05, 0) is 47.4 Å². The first kappa shape index (κ1) is 36.4. The number of rotatable bonds is 13. The van der Waals surface area contributed by atoms with Crippen molar-refractivity contribution in [1.29, 1.82) is 0 Å². The van der Waals surface area contributed by atoms with Crippen LogP contribution in [0, 0.1) is 5.82 Å². The van der Waals surface area contributed by atoms with Gasteiger partial charge in [-0.3, -0.25) is 24.3 Å². The van der Waals surface area contributed by atoms with Crippen molar-refractivity contribution in [1.82, 2.24) is 40.1 Å². The molecule has 7 rings (SSSR count). The van der Waals surface area contributed by atoms with Gasteiger partial charge >= 0.3 is 0 Å². The maximum Gasteiger partial charge on any atom is 0.293 e. The number of carbonyl (C=O) groups excluding carboxylic acids is 2. The van der Waals surface area contributed by atoms with Gasteiger partial charge in [0.1, 0.15) is 5.82 Å². The number of benzene rings is 3. The van der Waals surface area contributed by atoms with Crippen LogP contribution in [0.25, 0.3) is 32.9 Å².